The van der Waals surface area contributed by atoms with Crippen LogP contribution in [0.2, 0.25) is 0 Å². The van der Waals surface area contributed by atoms with E-state index in [4.69, 9.17) is 4.74 Å². The van der Waals surface area contributed by atoms with Gasteiger partial charge in [0.15, 0.2) is 0 Å². The molecule has 0 unspecified atom stereocenters. The van der Waals surface area contributed by atoms with E-state index >= 15 is 0 Å². The Kier molecular flexibility index (Phi) is 7.24. The molecule has 5 nitrogen and oxygen atoms in total. The largest absolute Gasteiger partial charge is 0.430 e. The summed E-state index contributed by atoms with van der Waals surface area (Å²) in [5, 5.41) is 2.78. The molecule has 0 aliphatic carbocycles. The minimum absolute atomic E-state index is 0.0880. The maximum Gasteiger partial charge on any atom is 0.430 e. The third-order valence-corrected chi connectivity index (χ3v) is 7.70. The Bertz CT molecular complexity index is 1170. The van der Waals surface area contributed by atoms with E-state index in [2.05, 4.69) is 5.32 Å². The van der Waals surface area contributed by atoms with Crippen molar-refractivity contribution in [2.45, 2.75) is 43.1 Å². The van der Waals surface area contributed by atoms with Crippen molar-refractivity contribution < 1.29 is 45.1 Å². The van der Waals surface area contributed by atoms with Gasteiger partial charge in [0, 0.05) is 44.6 Å². The molecule has 12 heteroatoms. The van der Waals surface area contributed by atoms with Crippen LogP contribution in [0.1, 0.15) is 41.9 Å². The summed E-state index contributed by atoms with van der Waals surface area (Å²) in [4.78, 5) is 26.7. The van der Waals surface area contributed by atoms with Gasteiger partial charge in [0.2, 0.25) is 5.91 Å². The van der Waals surface area contributed by atoms with Gasteiger partial charge in [-0.1, -0.05) is 24.3 Å². The first kappa shape index (κ1) is 27.9. The average molecular weight is 546 g/mol. The minimum Gasteiger partial charge on any atom is -0.356 e. The number of rotatable bonds is 4. The van der Waals surface area contributed by atoms with Gasteiger partial charge in [-0.15, -0.1) is 0 Å². The Morgan fingerprint density at radius 3 is 2.00 bits per heavy atom. The van der Waals surface area contributed by atoms with Crippen molar-refractivity contribution >= 4 is 11.8 Å². The van der Waals surface area contributed by atoms with Crippen molar-refractivity contribution in [1.82, 2.24) is 10.2 Å². The van der Waals surface area contributed by atoms with Crippen molar-refractivity contribution in [3.8, 4) is 0 Å². The molecule has 2 heterocycles. The van der Waals surface area contributed by atoms with Gasteiger partial charge in [-0.05, 0) is 48.1 Å². The van der Waals surface area contributed by atoms with Crippen LogP contribution in [0.4, 0.5) is 30.7 Å². The molecule has 2 aromatic rings. The first-order chi connectivity index (χ1) is 17.7. The van der Waals surface area contributed by atoms with Crippen LogP contribution in [-0.4, -0.2) is 49.6 Å². The number of nitrogens with one attached hydrogen (secondary N) is 1. The number of hydrogen-bond acceptors (Lipinski definition) is 3. The molecule has 0 radical (unpaired) electrons. The first-order valence-electron chi connectivity index (χ1n) is 11.8. The fourth-order valence-electron chi connectivity index (χ4n) is 5.63. The van der Waals surface area contributed by atoms with E-state index in [1.807, 2.05) is 0 Å². The van der Waals surface area contributed by atoms with Crippen LogP contribution in [0.5, 0.6) is 0 Å². The molecule has 0 saturated carbocycles. The van der Waals surface area contributed by atoms with Gasteiger partial charge in [-0.25, -0.2) is 4.39 Å². The number of amides is 2. The predicted molar refractivity (Wildman–Crippen MR) is 121 cm³/mol. The van der Waals surface area contributed by atoms with Crippen LogP contribution >= 0.6 is 0 Å². The van der Waals surface area contributed by atoms with E-state index in [1.165, 1.54) is 12.1 Å². The molecule has 2 aromatic carbocycles. The quantitative estimate of drug-likeness (QED) is 0.539. The van der Waals surface area contributed by atoms with Gasteiger partial charge < -0.3 is 15.0 Å². The predicted octanol–water partition coefficient (Wildman–Crippen LogP) is 5.16. The second-order valence-electron chi connectivity index (χ2n) is 9.70. The summed E-state index contributed by atoms with van der Waals surface area (Å²) in [6.45, 7) is -0.00814. The Morgan fingerprint density at radius 1 is 0.947 bits per heavy atom. The molecule has 2 saturated heterocycles. The Morgan fingerprint density at radius 2 is 1.50 bits per heavy atom. The Labute approximate surface area is 213 Å². The fraction of sp³-hybridized carbons (Fsp3) is 0.462. The van der Waals surface area contributed by atoms with Gasteiger partial charge in [-0.2, -0.15) is 26.3 Å². The van der Waals surface area contributed by atoms with E-state index < -0.39 is 46.2 Å². The Balaban J connectivity index is 1.63. The number of piperidine rings is 2. The van der Waals surface area contributed by atoms with Crippen LogP contribution in [0, 0.1) is 11.2 Å². The zero-order valence-corrected chi connectivity index (χ0v) is 20.3. The second kappa shape index (κ2) is 9.87. The molecule has 0 aromatic heterocycles. The summed E-state index contributed by atoms with van der Waals surface area (Å²) in [5.74, 6) is -2.35. The van der Waals surface area contributed by atoms with Crippen LogP contribution < -0.4 is 5.32 Å². The first-order valence-corrected chi connectivity index (χ1v) is 11.8. The summed E-state index contributed by atoms with van der Waals surface area (Å²) in [7, 11) is 0.685. The summed E-state index contributed by atoms with van der Waals surface area (Å²) in [6.07, 6.45) is -9.58. The van der Waals surface area contributed by atoms with Crippen LogP contribution in [-0.2, 0) is 26.1 Å². The van der Waals surface area contributed by atoms with Crippen LogP contribution in [0.3, 0.4) is 0 Å². The lowest BCUT2D eigenvalue weighted by Crippen LogP contribution is -2.60. The number of hydrogen-bond donors (Lipinski definition) is 1. The molecule has 1 spiro atoms. The zero-order valence-electron chi connectivity index (χ0n) is 20.3. The molecular weight excluding hydrogens is 521 g/mol. The van der Waals surface area contributed by atoms with E-state index in [-0.39, 0.29) is 50.7 Å². The number of carbonyl (C=O) groups excluding carboxylic acids is 2. The lowest BCUT2D eigenvalue weighted by molar-refractivity contribution is -0.271. The van der Waals surface area contributed by atoms with Gasteiger partial charge in [-0.3, -0.25) is 9.59 Å². The van der Waals surface area contributed by atoms with Crippen molar-refractivity contribution in [2.24, 2.45) is 5.41 Å². The lowest BCUT2D eigenvalue weighted by Gasteiger charge is -2.50. The maximum absolute atomic E-state index is 14.4. The number of ether oxygens (including phenoxy) is 1. The summed E-state index contributed by atoms with van der Waals surface area (Å²) < 4.78 is 101. The zero-order chi connectivity index (χ0) is 27.9. The topological polar surface area (TPSA) is 58.6 Å². The SMILES string of the molecule is CO[C@](C(=O)N1CCC2(CC1)CC(=O)NC[C@H]2c1ccc(F)cc1)(c1ccc(C(F)(F)F)cc1)C(F)(F)F. The summed E-state index contributed by atoms with van der Waals surface area (Å²) >= 11 is 0. The van der Waals surface area contributed by atoms with Gasteiger partial charge in [0.1, 0.15) is 5.82 Å². The van der Waals surface area contributed by atoms with Crippen molar-refractivity contribution in [1.29, 1.82) is 0 Å². The number of carbonyl (C=O) groups is 2. The Hall–Kier alpha value is -3.15. The molecular formula is C26H25F7N2O3. The van der Waals surface area contributed by atoms with Crippen molar-refractivity contribution in [2.75, 3.05) is 26.7 Å². The normalized spacial score (nSPS) is 21.6. The minimum atomic E-state index is -5.28. The van der Waals surface area contributed by atoms with Gasteiger partial charge in [0.05, 0.1) is 5.56 Å². The molecule has 2 aliphatic heterocycles. The molecule has 4 rings (SSSR count). The number of likely N-dealkylation sites (tertiary alicyclic amines) is 1. The summed E-state index contributed by atoms with van der Waals surface area (Å²) in [6, 6.07) is 7.92. The smallest absolute Gasteiger partial charge is 0.356 e. The van der Waals surface area contributed by atoms with E-state index in [1.54, 1.807) is 12.1 Å². The van der Waals surface area contributed by atoms with Crippen molar-refractivity contribution in [3.63, 3.8) is 0 Å². The van der Waals surface area contributed by atoms with Gasteiger partial charge in [0.25, 0.3) is 11.5 Å². The lowest BCUT2D eigenvalue weighted by atomic mass is 9.62. The van der Waals surface area contributed by atoms with E-state index in [0.29, 0.717) is 31.4 Å². The fourth-order valence-corrected chi connectivity index (χ4v) is 5.63. The molecule has 2 aliphatic rings. The second-order valence-corrected chi connectivity index (χ2v) is 9.70. The summed E-state index contributed by atoms with van der Waals surface area (Å²) in [5.41, 5.74) is -5.35. The molecule has 2 fully saturated rings. The number of alkyl halides is 6. The average Bonchev–Trinajstić information content (AvgIpc) is 2.85. The highest BCUT2D eigenvalue weighted by molar-refractivity contribution is 5.88. The molecule has 38 heavy (non-hydrogen) atoms. The highest BCUT2D eigenvalue weighted by atomic mass is 19.4. The highest BCUT2D eigenvalue weighted by Crippen LogP contribution is 2.50. The van der Waals surface area contributed by atoms with Crippen LogP contribution in [0.25, 0.3) is 0 Å². The molecule has 1 N–H and O–H groups in total. The third-order valence-electron chi connectivity index (χ3n) is 7.70. The van der Waals surface area contributed by atoms with Crippen LogP contribution in [0.15, 0.2) is 48.5 Å². The highest BCUT2D eigenvalue weighted by Gasteiger charge is 2.64. The number of benzene rings is 2. The number of nitrogens with zero attached hydrogens (tertiary/aromatic N) is 1. The molecule has 0 bridgehead atoms. The van der Waals surface area contributed by atoms with Gasteiger partial charge >= 0.3 is 12.4 Å². The monoisotopic (exact) mass is 546 g/mol. The molecule has 2 atom stereocenters. The molecule has 2 amide bonds. The number of halogens is 7. The standard InChI is InChI=1S/C26H25F7N2O3/c1-38-24(26(31,32)33,17-4-6-18(7-5-17)25(28,29)30)22(37)35-12-10-23(11-13-35)14-21(36)34-15-20(23)16-2-8-19(27)9-3-16/h2-9,20H,10-15H2,1H3,(H,34,36)/t20-,24-/m0/s1. The maximum atomic E-state index is 14.4. The number of methoxy groups -OCH3 is 1. The van der Waals surface area contributed by atoms with Crippen molar-refractivity contribution in [3.05, 3.63) is 71.0 Å². The molecule has 206 valence electrons. The van der Waals surface area contributed by atoms with E-state index in [0.717, 1.165) is 10.5 Å². The van der Waals surface area contributed by atoms with E-state index in [9.17, 15) is 40.3 Å². The third kappa shape index (κ3) is 4.85.